The molecule has 2 aromatic rings. The van der Waals surface area contributed by atoms with Crippen LogP contribution in [0.4, 0.5) is 0 Å². The number of rotatable bonds is 7. The Morgan fingerprint density at radius 2 is 1.94 bits per heavy atom. The van der Waals surface area contributed by atoms with E-state index in [0.717, 1.165) is 31.6 Å². The molecule has 0 aliphatic rings. The summed E-state index contributed by atoms with van der Waals surface area (Å²) in [6, 6.07) is 15.0. The van der Waals surface area contributed by atoms with Crippen LogP contribution in [0.5, 0.6) is 0 Å². The maximum atomic E-state index is 5.40. The van der Waals surface area contributed by atoms with E-state index in [4.69, 9.17) is 4.42 Å². The number of aryl methyl sites for hydroxylation is 1. The second-order valence-electron chi connectivity index (χ2n) is 4.54. The molecule has 0 bridgehead atoms. The smallest absolute Gasteiger partial charge is 0.103 e. The van der Waals surface area contributed by atoms with E-state index < -0.39 is 0 Å². The third kappa shape index (κ3) is 3.74. The standard InChI is InChI=1S/C16H21NO/c1-2-12-17-16(14-7-4-3-5-8-14)11-10-15-9-6-13-18-15/h3-9,13,16-17H,2,10-12H2,1H3. The Morgan fingerprint density at radius 1 is 1.11 bits per heavy atom. The number of nitrogens with one attached hydrogen (secondary N) is 1. The van der Waals surface area contributed by atoms with E-state index in [1.807, 2.05) is 12.1 Å². The monoisotopic (exact) mass is 243 g/mol. The van der Waals surface area contributed by atoms with Crippen molar-refractivity contribution in [2.75, 3.05) is 6.54 Å². The predicted octanol–water partition coefficient (Wildman–Crippen LogP) is 3.95. The van der Waals surface area contributed by atoms with E-state index in [1.165, 1.54) is 5.56 Å². The van der Waals surface area contributed by atoms with E-state index in [-0.39, 0.29) is 0 Å². The van der Waals surface area contributed by atoms with Crippen molar-refractivity contribution in [2.24, 2.45) is 0 Å². The van der Waals surface area contributed by atoms with E-state index in [0.29, 0.717) is 6.04 Å². The van der Waals surface area contributed by atoms with Crippen molar-refractivity contribution in [1.82, 2.24) is 5.32 Å². The van der Waals surface area contributed by atoms with E-state index in [2.05, 4.69) is 42.6 Å². The van der Waals surface area contributed by atoms with Gasteiger partial charge in [0.05, 0.1) is 6.26 Å². The first-order chi connectivity index (χ1) is 8.90. The molecule has 18 heavy (non-hydrogen) atoms. The van der Waals surface area contributed by atoms with Crippen molar-refractivity contribution in [3.8, 4) is 0 Å². The molecule has 0 amide bonds. The lowest BCUT2D eigenvalue weighted by Gasteiger charge is -2.18. The number of furan rings is 1. The van der Waals surface area contributed by atoms with Crippen LogP contribution in [0.25, 0.3) is 0 Å². The SMILES string of the molecule is CCCNC(CCc1ccco1)c1ccccc1. The number of hydrogen-bond acceptors (Lipinski definition) is 2. The summed E-state index contributed by atoms with van der Waals surface area (Å²) in [6.45, 7) is 3.25. The zero-order valence-corrected chi connectivity index (χ0v) is 10.9. The van der Waals surface area contributed by atoms with E-state index in [9.17, 15) is 0 Å². The summed E-state index contributed by atoms with van der Waals surface area (Å²) >= 11 is 0. The highest BCUT2D eigenvalue weighted by molar-refractivity contribution is 5.19. The Labute approximate surface area is 109 Å². The molecule has 96 valence electrons. The van der Waals surface area contributed by atoms with Gasteiger partial charge in [0.25, 0.3) is 0 Å². The van der Waals surface area contributed by atoms with Crippen LogP contribution in [-0.4, -0.2) is 6.54 Å². The van der Waals surface area contributed by atoms with Gasteiger partial charge in [-0.15, -0.1) is 0 Å². The highest BCUT2D eigenvalue weighted by atomic mass is 16.3. The zero-order valence-electron chi connectivity index (χ0n) is 10.9. The molecule has 2 nitrogen and oxygen atoms in total. The van der Waals surface area contributed by atoms with Crippen LogP contribution in [0.3, 0.4) is 0 Å². The molecule has 0 saturated carbocycles. The van der Waals surface area contributed by atoms with Crippen LogP contribution in [0.2, 0.25) is 0 Å². The summed E-state index contributed by atoms with van der Waals surface area (Å²) in [5.41, 5.74) is 1.36. The lowest BCUT2D eigenvalue weighted by molar-refractivity contribution is 0.452. The van der Waals surface area contributed by atoms with Gasteiger partial charge in [0.15, 0.2) is 0 Å². The molecule has 0 aliphatic carbocycles. The molecule has 1 aromatic heterocycles. The second-order valence-corrected chi connectivity index (χ2v) is 4.54. The maximum Gasteiger partial charge on any atom is 0.103 e. The summed E-state index contributed by atoms with van der Waals surface area (Å²) in [5.74, 6) is 1.06. The van der Waals surface area contributed by atoms with Crippen LogP contribution in [-0.2, 0) is 6.42 Å². The van der Waals surface area contributed by atoms with Crippen LogP contribution >= 0.6 is 0 Å². The lowest BCUT2D eigenvalue weighted by Crippen LogP contribution is -2.22. The van der Waals surface area contributed by atoms with Gasteiger partial charge < -0.3 is 9.73 Å². The molecule has 1 atom stereocenters. The summed E-state index contributed by atoms with van der Waals surface area (Å²) in [4.78, 5) is 0. The quantitative estimate of drug-likeness (QED) is 0.796. The van der Waals surface area contributed by atoms with Gasteiger partial charge in [0.1, 0.15) is 5.76 Å². The van der Waals surface area contributed by atoms with Gasteiger partial charge in [-0.05, 0) is 37.1 Å². The third-order valence-electron chi connectivity index (χ3n) is 3.10. The largest absolute Gasteiger partial charge is 0.469 e. The first-order valence-electron chi connectivity index (χ1n) is 6.71. The van der Waals surface area contributed by atoms with Crippen LogP contribution in [0.15, 0.2) is 53.1 Å². The Kier molecular flexibility index (Phi) is 5.03. The van der Waals surface area contributed by atoms with Crippen LogP contribution in [0, 0.1) is 0 Å². The molecule has 1 aromatic carbocycles. The first-order valence-corrected chi connectivity index (χ1v) is 6.71. The molecule has 1 unspecified atom stereocenters. The van der Waals surface area contributed by atoms with Crippen molar-refractivity contribution in [3.63, 3.8) is 0 Å². The zero-order chi connectivity index (χ0) is 12.6. The molecule has 2 rings (SSSR count). The highest BCUT2D eigenvalue weighted by Crippen LogP contribution is 2.19. The molecule has 2 heteroatoms. The van der Waals surface area contributed by atoms with Crippen molar-refractivity contribution in [2.45, 2.75) is 32.2 Å². The fraction of sp³-hybridized carbons (Fsp3) is 0.375. The van der Waals surface area contributed by atoms with Crippen LogP contribution < -0.4 is 5.32 Å². The average molecular weight is 243 g/mol. The average Bonchev–Trinajstić information content (AvgIpc) is 2.93. The van der Waals surface area contributed by atoms with Crippen LogP contribution in [0.1, 0.15) is 37.1 Å². The highest BCUT2D eigenvalue weighted by Gasteiger charge is 2.10. The van der Waals surface area contributed by atoms with E-state index in [1.54, 1.807) is 6.26 Å². The number of benzene rings is 1. The fourth-order valence-electron chi connectivity index (χ4n) is 2.13. The molecule has 0 fully saturated rings. The molecule has 1 N–H and O–H groups in total. The van der Waals surface area contributed by atoms with Gasteiger partial charge in [0.2, 0.25) is 0 Å². The van der Waals surface area contributed by atoms with Gasteiger partial charge >= 0.3 is 0 Å². The molecule has 0 saturated heterocycles. The molecule has 0 aliphatic heterocycles. The molecular formula is C16H21NO. The first kappa shape index (κ1) is 12.9. The minimum atomic E-state index is 0.413. The Hall–Kier alpha value is -1.54. The molecule has 0 spiro atoms. The predicted molar refractivity (Wildman–Crippen MR) is 74.5 cm³/mol. The Bertz CT molecular complexity index is 422. The molecule has 1 heterocycles. The Balaban J connectivity index is 1.96. The van der Waals surface area contributed by atoms with Crippen molar-refractivity contribution < 1.29 is 4.42 Å². The van der Waals surface area contributed by atoms with Crippen molar-refractivity contribution in [3.05, 3.63) is 60.1 Å². The topological polar surface area (TPSA) is 25.2 Å². The molecule has 0 radical (unpaired) electrons. The minimum Gasteiger partial charge on any atom is -0.469 e. The minimum absolute atomic E-state index is 0.413. The maximum absolute atomic E-state index is 5.40. The summed E-state index contributed by atoms with van der Waals surface area (Å²) in [5, 5.41) is 3.61. The number of hydrogen-bond donors (Lipinski definition) is 1. The van der Waals surface area contributed by atoms with Crippen molar-refractivity contribution in [1.29, 1.82) is 0 Å². The second kappa shape index (κ2) is 7.02. The summed E-state index contributed by atoms with van der Waals surface area (Å²) in [6.07, 6.45) is 4.94. The van der Waals surface area contributed by atoms with Gasteiger partial charge in [0, 0.05) is 12.5 Å². The van der Waals surface area contributed by atoms with Gasteiger partial charge in [-0.25, -0.2) is 0 Å². The van der Waals surface area contributed by atoms with Crippen molar-refractivity contribution >= 4 is 0 Å². The third-order valence-corrected chi connectivity index (χ3v) is 3.10. The molecular weight excluding hydrogens is 222 g/mol. The van der Waals surface area contributed by atoms with Gasteiger partial charge in [-0.2, -0.15) is 0 Å². The lowest BCUT2D eigenvalue weighted by atomic mass is 10.0. The van der Waals surface area contributed by atoms with Gasteiger partial charge in [-0.1, -0.05) is 37.3 Å². The Morgan fingerprint density at radius 3 is 2.61 bits per heavy atom. The normalized spacial score (nSPS) is 12.5. The summed E-state index contributed by atoms with van der Waals surface area (Å²) < 4.78 is 5.40. The van der Waals surface area contributed by atoms with Gasteiger partial charge in [-0.3, -0.25) is 0 Å². The fourth-order valence-corrected chi connectivity index (χ4v) is 2.13. The summed E-state index contributed by atoms with van der Waals surface area (Å²) in [7, 11) is 0. The van der Waals surface area contributed by atoms with E-state index >= 15 is 0 Å².